The van der Waals surface area contributed by atoms with Crippen LogP contribution in [0.4, 0.5) is 17.5 Å². The molecule has 8 heteroatoms. The molecular weight excluding hydrogens is 296 g/mol. The lowest BCUT2D eigenvalue weighted by Gasteiger charge is -2.19. The highest BCUT2D eigenvalue weighted by Gasteiger charge is 2.15. The number of anilines is 3. The number of imidazole rings is 1. The van der Waals surface area contributed by atoms with Gasteiger partial charge in [0, 0.05) is 18.8 Å². The summed E-state index contributed by atoms with van der Waals surface area (Å²) in [5.41, 5.74) is 8.00. The molecule has 4 rings (SSSR count). The smallest absolute Gasteiger partial charge is 0.224 e. The van der Waals surface area contributed by atoms with Crippen LogP contribution in [-0.4, -0.2) is 32.7 Å². The highest BCUT2D eigenvalue weighted by atomic mass is 16.6. The molecule has 0 fully saturated rings. The number of aromatic nitrogens is 4. The topological polar surface area (TPSA) is 100 Å². The van der Waals surface area contributed by atoms with Crippen molar-refractivity contribution < 1.29 is 9.47 Å². The van der Waals surface area contributed by atoms with Gasteiger partial charge >= 0.3 is 0 Å². The molecule has 1 aliphatic rings. The van der Waals surface area contributed by atoms with Crippen molar-refractivity contribution in [2.45, 2.75) is 6.92 Å². The molecular formula is C15H16N6O2. The molecule has 3 heterocycles. The molecule has 3 aromatic rings. The summed E-state index contributed by atoms with van der Waals surface area (Å²) in [5.74, 6) is 3.04. The summed E-state index contributed by atoms with van der Waals surface area (Å²) < 4.78 is 13.0. The monoisotopic (exact) mass is 312 g/mol. The Kier molecular flexibility index (Phi) is 2.97. The summed E-state index contributed by atoms with van der Waals surface area (Å²) in [5, 5.41) is 3.24. The zero-order valence-electron chi connectivity index (χ0n) is 12.8. The third-order valence-corrected chi connectivity index (χ3v) is 3.76. The zero-order chi connectivity index (χ0) is 16.0. The maximum absolute atomic E-state index is 5.82. The second-order valence-electron chi connectivity index (χ2n) is 5.30. The highest BCUT2D eigenvalue weighted by Crippen LogP contribution is 2.34. The van der Waals surface area contributed by atoms with E-state index in [1.165, 1.54) is 0 Å². The van der Waals surface area contributed by atoms with Crippen LogP contribution in [0.2, 0.25) is 0 Å². The molecule has 2 aromatic heterocycles. The standard InChI is InChI=1S/C15H16N6O2/c1-8-17-12-13(19-15(16)20-14(12)21(8)2)18-9-3-4-10-11(7-9)23-6-5-22-10/h3-4,7H,5-6H2,1-2H3,(H3,16,18,19,20). The second-order valence-corrected chi connectivity index (χ2v) is 5.30. The van der Waals surface area contributed by atoms with Gasteiger partial charge in [0.05, 0.1) is 0 Å². The molecule has 0 unspecified atom stereocenters. The summed E-state index contributed by atoms with van der Waals surface area (Å²) in [6.07, 6.45) is 0. The third-order valence-electron chi connectivity index (χ3n) is 3.76. The Morgan fingerprint density at radius 3 is 2.74 bits per heavy atom. The fourth-order valence-electron chi connectivity index (χ4n) is 2.53. The van der Waals surface area contributed by atoms with Crippen molar-refractivity contribution in [1.82, 2.24) is 19.5 Å². The minimum Gasteiger partial charge on any atom is -0.486 e. The molecule has 0 saturated carbocycles. The Hall–Kier alpha value is -3.03. The molecule has 0 bridgehead atoms. The van der Waals surface area contributed by atoms with E-state index in [0.29, 0.717) is 35.9 Å². The number of hydrogen-bond donors (Lipinski definition) is 2. The van der Waals surface area contributed by atoms with E-state index in [4.69, 9.17) is 15.2 Å². The largest absolute Gasteiger partial charge is 0.486 e. The van der Waals surface area contributed by atoms with Crippen LogP contribution in [0.3, 0.4) is 0 Å². The van der Waals surface area contributed by atoms with Crippen LogP contribution in [0.15, 0.2) is 18.2 Å². The Labute approximate surface area is 132 Å². The van der Waals surface area contributed by atoms with Gasteiger partial charge in [-0.15, -0.1) is 0 Å². The molecule has 3 N–H and O–H groups in total. The molecule has 0 atom stereocenters. The number of hydrogen-bond acceptors (Lipinski definition) is 7. The summed E-state index contributed by atoms with van der Waals surface area (Å²) in [6.45, 7) is 3.02. The Morgan fingerprint density at radius 2 is 1.91 bits per heavy atom. The van der Waals surface area contributed by atoms with Crippen LogP contribution in [0.1, 0.15) is 5.82 Å². The molecule has 1 aromatic carbocycles. The third kappa shape index (κ3) is 2.28. The van der Waals surface area contributed by atoms with Gasteiger partial charge in [-0.05, 0) is 19.1 Å². The number of nitrogens with one attached hydrogen (secondary N) is 1. The first-order valence-electron chi connectivity index (χ1n) is 7.25. The van der Waals surface area contributed by atoms with Crippen molar-refractivity contribution in [1.29, 1.82) is 0 Å². The first-order valence-corrected chi connectivity index (χ1v) is 7.25. The zero-order valence-corrected chi connectivity index (χ0v) is 12.8. The quantitative estimate of drug-likeness (QED) is 0.743. The fourth-order valence-corrected chi connectivity index (χ4v) is 2.53. The number of benzene rings is 1. The minimum absolute atomic E-state index is 0.195. The average molecular weight is 312 g/mol. The van der Waals surface area contributed by atoms with Crippen molar-refractivity contribution in [3.05, 3.63) is 24.0 Å². The molecule has 0 spiro atoms. The van der Waals surface area contributed by atoms with Crippen LogP contribution >= 0.6 is 0 Å². The maximum atomic E-state index is 5.82. The van der Waals surface area contributed by atoms with Crippen LogP contribution in [0, 0.1) is 6.92 Å². The normalized spacial score (nSPS) is 13.3. The predicted octanol–water partition coefficient (Wildman–Crippen LogP) is 1.77. The number of nitrogens with two attached hydrogens (primary N) is 1. The van der Waals surface area contributed by atoms with Crippen LogP contribution < -0.4 is 20.5 Å². The lowest BCUT2D eigenvalue weighted by Crippen LogP contribution is -2.15. The molecule has 0 radical (unpaired) electrons. The molecule has 0 saturated heterocycles. The Balaban J connectivity index is 1.77. The van der Waals surface area contributed by atoms with Gasteiger partial charge in [0.25, 0.3) is 0 Å². The van der Waals surface area contributed by atoms with Gasteiger partial charge in [0.2, 0.25) is 5.95 Å². The Bertz CT molecular complexity index is 905. The number of rotatable bonds is 2. The van der Waals surface area contributed by atoms with E-state index in [0.717, 1.165) is 17.3 Å². The summed E-state index contributed by atoms with van der Waals surface area (Å²) in [7, 11) is 1.89. The SMILES string of the molecule is Cc1nc2c(Nc3ccc4c(c3)OCCO4)nc(N)nc2n1C. The Morgan fingerprint density at radius 1 is 1.13 bits per heavy atom. The first kappa shape index (κ1) is 13.6. The van der Waals surface area contributed by atoms with Crippen LogP contribution in [0.5, 0.6) is 11.5 Å². The van der Waals surface area contributed by atoms with E-state index in [9.17, 15) is 0 Å². The van der Waals surface area contributed by atoms with Gasteiger partial charge in [-0.1, -0.05) is 0 Å². The molecule has 8 nitrogen and oxygen atoms in total. The summed E-state index contributed by atoms with van der Waals surface area (Å²) in [6, 6.07) is 5.63. The van der Waals surface area contributed by atoms with E-state index in [2.05, 4.69) is 20.3 Å². The summed E-state index contributed by atoms with van der Waals surface area (Å²) >= 11 is 0. The van der Waals surface area contributed by atoms with E-state index >= 15 is 0 Å². The highest BCUT2D eigenvalue weighted by molar-refractivity contribution is 5.87. The average Bonchev–Trinajstić information content (AvgIpc) is 2.83. The minimum atomic E-state index is 0.195. The van der Waals surface area contributed by atoms with Crippen molar-refractivity contribution in [3.63, 3.8) is 0 Å². The van der Waals surface area contributed by atoms with Gasteiger partial charge < -0.3 is 25.1 Å². The van der Waals surface area contributed by atoms with Gasteiger partial charge in [-0.25, -0.2) is 4.98 Å². The van der Waals surface area contributed by atoms with Crippen molar-refractivity contribution >= 4 is 28.6 Å². The lowest BCUT2D eigenvalue weighted by atomic mass is 10.2. The number of ether oxygens (including phenoxy) is 2. The number of nitrogen functional groups attached to an aromatic ring is 1. The predicted molar refractivity (Wildman–Crippen MR) is 86.2 cm³/mol. The van der Waals surface area contributed by atoms with Crippen molar-refractivity contribution in [3.8, 4) is 11.5 Å². The van der Waals surface area contributed by atoms with E-state index in [-0.39, 0.29) is 5.95 Å². The molecule has 1 aliphatic heterocycles. The van der Waals surface area contributed by atoms with E-state index in [1.807, 2.05) is 36.7 Å². The number of aryl methyl sites for hydroxylation is 2. The van der Waals surface area contributed by atoms with Crippen LogP contribution in [0.25, 0.3) is 11.2 Å². The molecule has 0 aliphatic carbocycles. The van der Waals surface area contributed by atoms with Gasteiger partial charge in [-0.3, -0.25) is 0 Å². The van der Waals surface area contributed by atoms with Crippen molar-refractivity contribution in [2.24, 2.45) is 7.05 Å². The van der Waals surface area contributed by atoms with Crippen molar-refractivity contribution in [2.75, 3.05) is 24.3 Å². The molecule has 23 heavy (non-hydrogen) atoms. The van der Waals surface area contributed by atoms with Gasteiger partial charge in [0.1, 0.15) is 19.0 Å². The van der Waals surface area contributed by atoms with E-state index < -0.39 is 0 Å². The lowest BCUT2D eigenvalue weighted by molar-refractivity contribution is 0.171. The van der Waals surface area contributed by atoms with E-state index in [1.54, 1.807) is 0 Å². The number of fused-ring (bicyclic) bond motifs is 2. The molecule has 118 valence electrons. The number of nitrogens with zero attached hydrogens (tertiary/aromatic N) is 4. The first-order chi connectivity index (χ1) is 11.1. The maximum Gasteiger partial charge on any atom is 0.224 e. The fraction of sp³-hybridized carbons (Fsp3) is 0.267. The molecule has 0 amide bonds. The second kappa shape index (κ2) is 5.01. The summed E-state index contributed by atoms with van der Waals surface area (Å²) in [4.78, 5) is 13.0. The van der Waals surface area contributed by atoms with Gasteiger partial charge in [-0.2, -0.15) is 9.97 Å². The van der Waals surface area contributed by atoms with Gasteiger partial charge in [0.15, 0.2) is 28.5 Å². The van der Waals surface area contributed by atoms with Crippen LogP contribution in [-0.2, 0) is 7.05 Å².